The van der Waals surface area contributed by atoms with Gasteiger partial charge in [0.1, 0.15) is 24.1 Å². The van der Waals surface area contributed by atoms with Gasteiger partial charge < -0.3 is 36.5 Å². The number of thioether (sulfide) groups is 1. The highest BCUT2D eigenvalue weighted by atomic mass is 32.2. The minimum atomic E-state index is -1.51. The molecule has 4 amide bonds. The molecule has 7 N–H and O–H groups in total. The van der Waals surface area contributed by atoms with Gasteiger partial charge in [0.2, 0.25) is 11.8 Å². The number of carboxylic acid groups (broad SMARTS) is 2. The Morgan fingerprint density at radius 3 is 2.40 bits per heavy atom. The standard InChI is InChI=1S/C26H26N6O9S/c27-17(24(36)37)11-41-26(40)29-16-3-1-13(2-4-16)9-18(33)30-19-22(35)32-20(25(38)39)15(12-42-23(19)32)10-31-7-5-14(6-8-31)21(28)34/h1-8,17,19,23H,9-12,27H2,(H5-,28,29,30,33,34,36,37,38,39,40)/t17-,19-,23+/m1/s1. The summed E-state index contributed by atoms with van der Waals surface area (Å²) in [5.74, 6) is -4.19. The van der Waals surface area contributed by atoms with E-state index in [4.69, 9.17) is 21.3 Å². The maximum absolute atomic E-state index is 12.9. The Hall–Kier alpha value is -4.96. The van der Waals surface area contributed by atoms with Crippen LogP contribution in [0.25, 0.3) is 0 Å². The van der Waals surface area contributed by atoms with Crippen LogP contribution < -0.4 is 31.8 Å². The number of hydrogen-bond acceptors (Lipinski definition) is 10. The van der Waals surface area contributed by atoms with Crippen LogP contribution in [-0.2, 0) is 36.9 Å². The van der Waals surface area contributed by atoms with E-state index in [1.807, 2.05) is 0 Å². The van der Waals surface area contributed by atoms with Gasteiger partial charge in [-0.2, -0.15) is 0 Å². The molecular weight excluding hydrogens is 572 g/mol. The van der Waals surface area contributed by atoms with Crippen molar-refractivity contribution in [3.05, 3.63) is 71.2 Å². The fourth-order valence-corrected chi connectivity index (χ4v) is 5.58. The maximum atomic E-state index is 12.9. The number of hydrogen-bond donors (Lipinski definition) is 5. The number of aliphatic carboxylic acids is 2. The van der Waals surface area contributed by atoms with Crippen LogP contribution in [0.5, 0.6) is 0 Å². The van der Waals surface area contributed by atoms with E-state index in [1.54, 1.807) is 29.1 Å². The third-order valence-corrected chi connectivity index (χ3v) is 7.72. The lowest BCUT2D eigenvalue weighted by atomic mass is 10.0. The highest BCUT2D eigenvalue weighted by molar-refractivity contribution is 8.00. The quantitative estimate of drug-likeness (QED) is 0.136. The van der Waals surface area contributed by atoms with Crippen LogP contribution >= 0.6 is 11.8 Å². The van der Waals surface area contributed by atoms with Crippen LogP contribution in [0.15, 0.2) is 60.1 Å². The van der Waals surface area contributed by atoms with Crippen LogP contribution in [0, 0.1) is 0 Å². The molecule has 1 aromatic carbocycles. The molecule has 0 radical (unpaired) electrons. The van der Waals surface area contributed by atoms with E-state index < -0.39 is 59.8 Å². The summed E-state index contributed by atoms with van der Waals surface area (Å²) in [5.41, 5.74) is 11.9. The number of benzene rings is 1. The summed E-state index contributed by atoms with van der Waals surface area (Å²) in [4.78, 5) is 72.5. The maximum Gasteiger partial charge on any atom is 0.411 e. The van der Waals surface area contributed by atoms with Gasteiger partial charge in [0, 0.05) is 29.1 Å². The van der Waals surface area contributed by atoms with E-state index in [-0.39, 0.29) is 24.4 Å². The lowest BCUT2D eigenvalue weighted by Gasteiger charge is -2.50. The number of carbonyl (C=O) groups is 6. The molecule has 0 aliphatic carbocycles. The van der Waals surface area contributed by atoms with Gasteiger partial charge in [0.15, 0.2) is 18.9 Å². The molecule has 1 fully saturated rings. The fourth-order valence-electron chi connectivity index (χ4n) is 4.25. The van der Waals surface area contributed by atoms with Gasteiger partial charge in [-0.05, 0) is 17.7 Å². The number of amides is 4. The fraction of sp³-hybridized carbons (Fsp3) is 0.269. The first-order chi connectivity index (χ1) is 19.9. The molecule has 2 aliphatic rings. The van der Waals surface area contributed by atoms with Gasteiger partial charge in [-0.15, -0.1) is 11.8 Å². The highest BCUT2D eigenvalue weighted by Gasteiger charge is 2.53. The summed E-state index contributed by atoms with van der Waals surface area (Å²) in [6.07, 6.45) is 2.16. The van der Waals surface area contributed by atoms with Crippen molar-refractivity contribution in [1.29, 1.82) is 0 Å². The third kappa shape index (κ3) is 6.84. The monoisotopic (exact) mass is 598 g/mol. The molecule has 0 unspecified atom stereocenters. The predicted molar refractivity (Wildman–Crippen MR) is 143 cm³/mol. The molecule has 3 heterocycles. The summed E-state index contributed by atoms with van der Waals surface area (Å²) >= 11 is 1.31. The molecule has 3 atom stereocenters. The molecular formula is C26H26N6O9S. The normalized spacial score (nSPS) is 18.3. The van der Waals surface area contributed by atoms with Crippen molar-refractivity contribution in [3.8, 4) is 0 Å². The summed E-state index contributed by atoms with van der Waals surface area (Å²) in [7, 11) is 0. The number of carboxylic acids is 2. The second-order valence-corrected chi connectivity index (χ2v) is 10.5. The number of aromatic nitrogens is 1. The molecule has 0 bridgehead atoms. The first-order valence-corrected chi connectivity index (χ1v) is 13.5. The van der Waals surface area contributed by atoms with E-state index >= 15 is 0 Å². The van der Waals surface area contributed by atoms with Gasteiger partial charge in [-0.25, -0.2) is 9.36 Å². The minimum Gasteiger partial charge on any atom is -0.543 e. The highest BCUT2D eigenvalue weighted by Crippen LogP contribution is 2.40. The van der Waals surface area contributed by atoms with Crippen molar-refractivity contribution in [3.63, 3.8) is 0 Å². The molecule has 1 aromatic heterocycles. The predicted octanol–water partition coefficient (Wildman–Crippen LogP) is -2.32. The summed E-state index contributed by atoms with van der Waals surface area (Å²) in [6, 6.07) is 6.88. The van der Waals surface area contributed by atoms with E-state index in [9.17, 15) is 33.9 Å². The Labute approximate surface area is 242 Å². The first-order valence-electron chi connectivity index (χ1n) is 12.4. The van der Waals surface area contributed by atoms with Gasteiger partial charge in [0.05, 0.1) is 23.7 Å². The lowest BCUT2D eigenvalue weighted by molar-refractivity contribution is -0.689. The summed E-state index contributed by atoms with van der Waals surface area (Å²) < 4.78 is 6.38. The van der Waals surface area contributed by atoms with Crippen LogP contribution in [0.1, 0.15) is 15.9 Å². The minimum absolute atomic E-state index is 0.0915. The Bertz CT molecular complexity index is 1460. The second-order valence-electron chi connectivity index (χ2n) is 9.36. The van der Waals surface area contributed by atoms with Crippen molar-refractivity contribution in [1.82, 2.24) is 10.2 Å². The van der Waals surface area contributed by atoms with E-state index in [0.29, 0.717) is 22.4 Å². The molecule has 0 saturated carbocycles. The number of nitrogens with zero attached hydrogens (tertiary/aromatic N) is 2. The molecule has 1 saturated heterocycles. The number of rotatable bonds is 11. The molecule has 4 rings (SSSR count). The van der Waals surface area contributed by atoms with Crippen LogP contribution in [0.2, 0.25) is 0 Å². The van der Waals surface area contributed by atoms with Gasteiger partial charge in [0.25, 0.3) is 5.91 Å². The zero-order chi connectivity index (χ0) is 30.6. The number of primary amides is 1. The van der Waals surface area contributed by atoms with Gasteiger partial charge in [-0.1, -0.05) is 12.1 Å². The number of fused-ring (bicyclic) bond motifs is 1. The molecule has 42 heavy (non-hydrogen) atoms. The van der Waals surface area contributed by atoms with E-state index in [1.165, 1.54) is 36.0 Å². The molecule has 0 spiro atoms. The van der Waals surface area contributed by atoms with Gasteiger partial charge in [-0.3, -0.25) is 29.4 Å². The molecule has 15 nitrogen and oxygen atoms in total. The Kier molecular flexibility index (Phi) is 9.07. The molecule has 2 aromatic rings. The van der Waals surface area contributed by atoms with Crippen LogP contribution in [0.3, 0.4) is 0 Å². The van der Waals surface area contributed by atoms with Crippen LogP contribution in [0.4, 0.5) is 10.5 Å². The van der Waals surface area contributed by atoms with E-state index in [2.05, 4.69) is 10.6 Å². The number of anilines is 1. The summed E-state index contributed by atoms with van der Waals surface area (Å²) in [5, 5.41) is 25.2. The number of nitrogens with two attached hydrogens (primary N) is 2. The third-order valence-electron chi connectivity index (χ3n) is 6.38. The Morgan fingerprint density at radius 2 is 1.81 bits per heavy atom. The van der Waals surface area contributed by atoms with Crippen molar-refractivity contribution in [2.75, 3.05) is 17.7 Å². The smallest absolute Gasteiger partial charge is 0.411 e. The van der Waals surface area contributed by atoms with Crippen molar-refractivity contribution >= 4 is 53.2 Å². The van der Waals surface area contributed by atoms with Crippen molar-refractivity contribution in [2.45, 2.75) is 30.4 Å². The first kappa shape index (κ1) is 30.0. The number of β-lactam (4-membered cyclic amide) rings is 1. The largest absolute Gasteiger partial charge is 0.543 e. The van der Waals surface area contributed by atoms with E-state index in [0.717, 1.165) is 4.90 Å². The van der Waals surface area contributed by atoms with Crippen molar-refractivity contribution in [2.24, 2.45) is 11.5 Å². The number of nitrogens with one attached hydrogen (secondary N) is 2. The topological polar surface area (TPSA) is 238 Å². The van der Waals surface area contributed by atoms with Gasteiger partial charge >= 0.3 is 12.1 Å². The number of ether oxygens (including phenoxy) is 1. The second kappa shape index (κ2) is 12.7. The Balaban J connectivity index is 1.32. The number of pyridine rings is 1. The average molecular weight is 599 g/mol. The zero-order valence-electron chi connectivity index (χ0n) is 21.8. The zero-order valence-corrected chi connectivity index (χ0v) is 22.7. The Morgan fingerprint density at radius 1 is 1.14 bits per heavy atom. The van der Waals surface area contributed by atoms with Crippen molar-refractivity contribution < 1.29 is 48.3 Å². The molecule has 2 aliphatic heterocycles. The average Bonchev–Trinajstić information content (AvgIpc) is 2.95. The lowest BCUT2D eigenvalue weighted by Crippen LogP contribution is -2.71. The molecule has 16 heteroatoms. The SMILES string of the molecule is NC(=O)c1cc[n+](CC2=C(C(=O)[O-])N3C(=O)[C@@H](NC(=O)Cc4ccc(NC(=O)OC[C@@H](N)C(=O)O)cc4)[C@@H]3SC2)cc1. The number of carbonyl (C=O) groups excluding carboxylic acids is 5. The molecule has 220 valence electrons. The van der Waals surface area contributed by atoms with Crippen LogP contribution in [-0.4, -0.2) is 75.6 Å². The summed E-state index contributed by atoms with van der Waals surface area (Å²) in [6.45, 7) is -0.371.